The van der Waals surface area contributed by atoms with Gasteiger partial charge in [0.05, 0.1) is 11.3 Å². The first-order valence-electron chi connectivity index (χ1n) is 18.6. The SMILES string of the molecule is CCCCc1nc(-c2ccc(C(=O)O)cc2)cn1Cc1ccc(-c2ccccc2)c(-c2nnnn2C(c2ccccc2)(c2ccccc2)c2ccccc2)c1. The molecule has 0 fully saturated rings. The first kappa shape index (κ1) is 35.1. The van der Waals surface area contributed by atoms with Crippen molar-refractivity contribution in [2.24, 2.45) is 0 Å². The van der Waals surface area contributed by atoms with Gasteiger partial charge in [-0.2, -0.15) is 0 Å². The summed E-state index contributed by atoms with van der Waals surface area (Å²) in [5, 5.41) is 23.5. The molecular formula is C47H40N6O2. The molecule has 2 aromatic heterocycles. The predicted octanol–water partition coefficient (Wildman–Crippen LogP) is 9.80. The maximum atomic E-state index is 11.5. The number of carboxylic acid groups (broad SMARTS) is 1. The molecule has 55 heavy (non-hydrogen) atoms. The Bertz CT molecular complexity index is 2420. The van der Waals surface area contributed by atoms with Gasteiger partial charge in [-0.25, -0.2) is 14.5 Å². The lowest BCUT2D eigenvalue weighted by molar-refractivity contribution is 0.0697. The number of rotatable bonds is 13. The van der Waals surface area contributed by atoms with Gasteiger partial charge in [-0.3, -0.25) is 0 Å². The number of imidazole rings is 1. The molecule has 8 aromatic rings. The molecule has 0 amide bonds. The maximum Gasteiger partial charge on any atom is 0.335 e. The highest BCUT2D eigenvalue weighted by atomic mass is 16.4. The Kier molecular flexibility index (Phi) is 9.95. The number of benzene rings is 6. The van der Waals surface area contributed by atoms with Gasteiger partial charge in [0, 0.05) is 30.3 Å². The average Bonchev–Trinajstić information content (AvgIpc) is 3.90. The van der Waals surface area contributed by atoms with Crippen LogP contribution in [0.15, 0.2) is 170 Å². The van der Waals surface area contributed by atoms with E-state index in [0.29, 0.717) is 12.4 Å². The molecule has 1 N–H and O–H groups in total. The monoisotopic (exact) mass is 720 g/mol. The van der Waals surface area contributed by atoms with Crippen molar-refractivity contribution in [3.8, 4) is 33.8 Å². The largest absolute Gasteiger partial charge is 0.478 e. The summed E-state index contributed by atoms with van der Waals surface area (Å²) >= 11 is 0. The number of aromatic nitrogens is 6. The molecule has 0 aliphatic heterocycles. The summed E-state index contributed by atoms with van der Waals surface area (Å²) in [6, 6.07) is 55.1. The van der Waals surface area contributed by atoms with Crippen LogP contribution in [0.1, 0.15) is 58.2 Å². The van der Waals surface area contributed by atoms with Crippen LogP contribution >= 0.6 is 0 Å². The van der Waals surface area contributed by atoms with Gasteiger partial charge in [0.15, 0.2) is 5.82 Å². The van der Waals surface area contributed by atoms with Crippen LogP contribution in [-0.2, 0) is 18.5 Å². The lowest BCUT2D eigenvalue weighted by Crippen LogP contribution is -2.39. The van der Waals surface area contributed by atoms with Crippen LogP contribution in [-0.4, -0.2) is 40.8 Å². The molecule has 0 radical (unpaired) electrons. The normalized spacial score (nSPS) is 11.4. The summed E-state index contributed by atoms with van der Waals surface area (Å²) in [4.78, 5) is 16.6. The molecule has 0 atom stereocenters. The highest BCUT2D eigenvalue weighted by Gasteiger charge is 2.42. The standard InChI is InChI=1S/C47H40N6O2/c1-2-3-24-44-48-43(36-26-28-37(29-27-36)46(54)55)33-52(44)32-34-25-30-41(35-16-8-4-9-17-35)42(31-34)45-49-50-51-53(45)47(38-18-10-5-11-19-38,39-20-12-6-13-21-39)40-22-14-7-15-23-40/h4-23,25-31,33H,2-3,24,32H2,1H3,(H,54,55). The minimum absolute atomic E-state index is 0.249. The van der Waals surface area contributed by atoms with Crippen molar-refractivity contribution in [1.82, 2.24) is 29.8 Å². The van der Waals surface area contributed by atoms with Crippen LogP contribution < -0.4 is 0 Å². The Hall–Kier alpha value is -6.93. The molecular weight excluding hydrogens is 681 g/mol. The second-order valence-corrected chi connectivity index (χ2v) is 13.6. The third kappa shape index (κ3) is 6.86. The van der Waals surface area contributed by atoms with Crippen molar-refractivity contribution in [2.45, 2.75) is 38.3 Å². The van der Waals surface area contributed by atoms with E-state index in [9.17, 15) is 9.90 Å². The number of hydrogen-bond donors (Lipinski definition) is 1. The van der Waals surface area contributed by atoms with Gasteiger partial charge in [-0.05, 0) is 68.4 Å². The second kappa shape index (κ2) is 15.6. The Morgan fingerprint density at radius 3 is 1.82 bits per heavy atom. The Morgan fingerprint density at radius 2 is 1.25 bits per heavy atom. The minimum Gasteiger partial charge on any atom is -0.478 e. The maximum absolute atomic E-state index is 11.5. The van der Waals surface area contributed by atoms with Crippen molar-refractivity contribution >= 4 is 5.97 Å². The predicted molar refractivity (Wildman–Crippen MR) is 216 cm³/mol. The van der Waals surface area contributed by atoms with E-state index in [1.807, 2.05) is 53.2 Å². The van der Waals surface area contributed by atoms with Crippen molar-refractivity contribution in [3.63, 3.8) is 0 Å². The number of carboxylic acids is 1. The molecule has 6 aromatic carbocycles. The number of aryl methyl sites for hydroxylation is 1. The zero-order valence-corrected chi connectivity index (χ0v) is 30.5. The lowest BCUT2D eigenvalue weighted by Gasteiger charge is -2.36. The van der Waals surface area contributed by atoms with Crippen LogP contribution in [0.5, 0.6) is 0 Å². The zero-order chi connectivity index (χ0) is 37.6. The first-order chi connectivity index (χ1) is 27.1. The van der Waals surface area contributed by atoms with Crippen LogP contribution in [0.25, 0.3) is 33.8 Å². The van der Waals surface area contributed by atoms with Crippen LogP contribution in [0.2, 0.25) is 0 Å². The Labute approximate surface area is 320 Å². The molecule has 0 bridgehead atoms. The molecule has 8 nitrogen and oxygen atoms in total. The van der Waals surface area contributed by atoms with Gasteiger partial charge in [0.1, 0.15) is 11.4 Å². The average molecular weight is 721 g/mol. The van der Waals surface area contributed by atoms with Gasteiger partial charge >= 0.3 is 5.97 Å². The van der Waals surface area contributed by atoms with E-state index in [1.54, 1.807) is 12.1 Å². The van der Waals surface area contributed by atoms with Crippen LogP contribution in [0.4, 0.5) is 0 Å². The van der Waals surface area contributed by atoms with Crippen LogP contribution in [0.3, 0.4) is 0 Å². The number of aromatic carboxylic acids is 1. The fraction of sp³-hybridized carbons (Fsp3) is 0.128. The third-order valence-electron chi connectivity index (χ3n) is 10.2. The van der Waals surface area contributed by atoms with Crippen molar-refractivity contribution in [3.05, 3.63) is 204 Å². The van der Waals surface area contributed by atoms with E-state index < -0.39 is 11.5 Å². The molecule has 0 unspecified atom stereocenters. The van der Waals surface area contributed by atoms with E-state index in [4.69, 9.17) is 15.3 Å². The zero-order valence-electron chi connectivity index (χ0n) is 30.5. The van der Waals surface area contributed by atoms with Gasteiger partial charge < -0.3 is 9.67 Å². The molecule has 2 heterocycles. The molecule has 8 heteroatoms. The highest BCUT2D eigenvalue weighted by molar-refractivity contribution is 5.88. The fourth-order valence-corrected chi connectivity index (χ4v) is 7.47. The number of nitrogens with zero attached hydrogens (tertiary/aromatic N) is 6. The van der Waals surface area contributed by atoms with E-state index in [-0.39, 0.29) is 5.56 Å². The van der Waals surface area contributed by atoms with E-state index >= 15 is 0 Å². The Balaban J connectivity index is 1.31. The number of unbranched alkanes of at least 4 members (excludes halogenated alkanes) is 1. The summed E-state index contributed by atoms with van der Waals surface area (Å²) in [6.07, 6.45) is 4.94. The summed E-state index contributed by atoms with van der Waals surface area (Å²) in [5.74, 6) is 0.664. The molecule has 0 saturated heterocycles. The highest BCUT2D eigenvalue weighted by Crippen LogP contribution is 2.43. The summed E-state index contributed by atoms with van der Waals surface area (Å²) in [7, 11) is 0. The van der Waals surface area contributed by atoms with Gasteiger partial charge in [-0.1, -0.05) is 159 Å². The summed E-state index contributed by atoms with van der Waals surface area (Å²) in [5.41, 5.74) is 8.16. The number of carbonyl (C=O) groups is 1. The van der Waals surface area contributed by atoms with Crippen molar-refractivity contribution in [2.75, 3.05) is 0 Å². The number of tetrazole rings is 1. The van der Waals surface area contributed by atoms with Crippen molar-refractivity contribution in [1.29, 1.82) is 0 Å². The summed E-state index contributed by atoms with van der Waals surface area (Å²) < 4.78 is 4.20. The molecule has 270 valence electrons. The quantitative estimate of drug-likeness (QED) is 0.119. The third-order valence-corrected chi connectivity index (χ3v) is 10.2. The van der Waals surface area contributed by atoms with Gasteiger partial charge in [-0.15, -0.1) is 5.10 Å². The molecule has 0 saturated carbocycles. The van der Waals surface area contributed by atoms with Crippen LogP contribution in [0, 0.1) is 0 Å². The topological polar surface area (TPSA) is 98.7 Å². The van der Waals surface area contributed by atoms with E-state index in [2.05, 4.69) is 126 Å². The smallest absolute Gasteiger partial charge is 0.335 e. The summed E-state index contributed by atoms with van der Waals surface area (Å²) in [6.45, 7) is 2.75. The molecule has 8 rings (SSSR count). The van der Waals surface area contributed by atoms with Gasteiger partial charge in [0.25, 0.3) is 0 Å². The minimum atomic E-state index is -0.949. The van der Waals surface area contributed by atoms with Crippen molar-refractivity contribution < 1.29 is 9.90 Å². The van der Waals surface area contributed by atoms with E-state index in [0.717, 1.165) is 75.3 Å². The lowest BCUT2D eigenvalue weighted by atomic mass is 9.77. The molecule has 0 spiro atoms. The second-order valence-electron chi connectivity index (χ2n) is 13.6. The number of hydrogen-bond acceptors (Lipinski definition) is 5. The molecule has 0 aliphatic rings. The van der Waals surface area contributed by atoms with Gasteiger partial charge in [0.2, 0.25) is 0 Å². The Morgan fingerprint density at radius 1 is 0.673 bits per heavy atom. The fourth-order valence-electron chi connectivity index (χ4n) is 7.47. The molecule has 0 aliphatic carbocycles. The van der Waals surface area contributed by atoms with E-state index in [1.165, 1.54) is 0 Å². The first-order valence-corrected chi connectivity index (χ1v) is 18.6.